The molecule has 2 aromatic carbocycles. The van der Waals surface area contributed by atoms with Crippen molar-refractivity contribution in [2.24, 2.45) is 5.73 Å². The Morgan fingerprint density at radius 2 is 1.65 bits per heavy atom. The van der Waals surface area contributed by atoms with E-state index in [1.807, 2.05) is 25.1 Å². The fraction of sp³-hybridized carbons (Fsp3) is 0.143. The Morgan fingerprint density at radius 1 is 1.06 bits per heavy atom. The van der Waals surface area contributed by atoms with Crippen LogP contribution in [-0.4, -0.2) is 0 Å². The zero-order valence-electron chi connectivity index (χ0n) is 9.45. The second kappa shape index (κ2) is 4.86. The van der Waals surface area contributed by atoms with Crippen LogP contribution in [0.3, 0.4) is 0 Å². The first kappa shape index (κ1) is 12.1. The van der Waals surface area contributed by atoms with E-state index in [2.05, 4.69) is 0 Å². The molecule has 0 aliphatic carbocycles. The molecular weight excluding hydrogens is 237 g/mol. The van der Waals surface area contributed by atoms with Crippen LogP contribution in [0.25, 0.3) is 11.1 Å². The van der Waals surface area contributed by atoms with Gasteiger partial charge in [-0.15, -0.1) is 0 Å². The van der Waals surface area contributed by atoms with Gasteiger partial charge in [0.25, 0.3) is 0 Å². The van der Waals surface area contributed by atoms with Crippen molar-refractivity contribution in [2.45, 2.75) is 13.0 Å². The molecule has 0 aliphatic heterocycles. The van der Waals surface area contributed by atoms with Crippen LogP contribution in [-0.2, 0) is 0 Å². The Hall–Kier alpha value is -1.38. The highest BCUT2D eigenvalue weighted by molar-refractivity contribution is 6.31. The Labute approximate surface area is 105 Å². The van der Waals surface area contributed by atoms with Gasteiger partial charge in [0, 0.05) is 11.1 Å². The van der Waals surface area contributed by atoms with Gasteiger partial charge >= 0.3 is 0 Å². The summed E-state index contributed by atoms with van der Waals surface area (Å²) < 4.78 is 12.8. The van der Waals surface area contributed by atoms with E-state index in [-0.39, 0.29) is 11.9 Å². The average Bonchev–Trinajstić information content (AvgIpc) is 2.30. The summed E-state index contributed by atoms with van der Waals surface area (Å²) in [6.45, 7) is 1.88. The summed E-state index contributed by atoms with van der Waals surface area (Å²) >= 11 is 6.06. The molecule has 0 amide bonds. The third-order valence-corrected chi connectivity index (χ3v) is 3.01. The molecule has 0 heterocycles. The molecule has 0 spiro atoms. The van der Waals surface area contributed by atoms with Crippen molar-refractivity contribution in [1.82, 2.24) is 0 Å². The molecule has 0 fully saturated rings. The average molecular weight is 250 g/mol. The summed E-state index contributed by atoms with van der Waals surface area (Å²) in [5.41, 5.74) is 8.67. The van der Waals surface area contributed by atoms with Gasteiger partial charge in [0.15, 0.2) is 0 Å². The maximum atomic E-state index is 12.8. The molecule has 17 heavy (non-hydrogen) atoms. The summed E-state index contributed by atoms with van der Waals surface area (Å²) in [6.07, 6.45) is 0. The topological polar surface area (TPSA) is 26.0 Å². The van der Waals surface area contributed by atoms with E-state index in [4.69, 9.17) is 17.3 Å². The fourth-order valence-electron chi connectivity index (χ4n) is 1.71. The largest absolute Gasteiger partial charge is 0.324 e. The molecule has 1 nitrogen and oxygen atoms in total. The lowest BCUT2D eigenvalue weighted by molar-refractivity contribution is 0.628. The quantitative estimate of drug-likeness (QED) is 0.850. The lowest BCUT2D eigenvalue weighted by Gasteiger charge is -2.10. The van der Waals surface area contributed by atoms with Crippen LogP contribution in [0.15, 0.2) is 42.5 Å². The van der Waals surface area contributed by atoms with Gasteiger partial charge in [-0.05, 0) is 47.9 Å². The van der Waals surface area contributed by atoms with E-state index >= 15 is 0 Å². The molecule has 3 heteroatoms. The van der Waals surface area contributed by atoms with Crippen LogP contribution in [0.4, 0.5) is 4.39 Å². The first-order chi connectivity index (χ1) is 8.08. The van der Waals surface area contributed by atoms with E-state index in [1.54, 1.807) is 12.1 Å². The van der Waals surface area contributed by atoms with Crippen LogP contribution >= 0.6 is 11.6 Å². The molecule has 88 valence electrons. The smallest absolute Gasteiger partial charge is 0.123 e. The van der Waals surface area contributed by atoms with Gasteiger partial charge in [0.2, 0.25) is 0 Å². The van der Waals surface area contributed by atoms with E-state index in [0.29, 0.717) is 5.02 Å². The van der Waals surface area contributed by atoms with E-state index in [1.165, 1.54) is 12.1 Å². The predicted molar refractivity (Wildman–Crippen MR) is 69.4 cm³/mol. The fourth-order valence-corrected chi connectivity index (χ4v) is 2.00. The van der Waals surface area contributed by atoms with Gasteiger partial charge in [-0.3, -0.25) is 0 Å². The normalized spacial score (nSPS) is 12.5. The van der Waals surface area contributed by atoms with Crippen molar-refractivity contribution in [1.29, 1.82) is 0 Å². The SMILES string of the molecule is CC(N)c1cc(-c2ccc(F)cc2)ccc1Cl. The standard InChI is InChI=1S/C14H13ClFN/c1-9(17)13-8-11(4-7-14(13)15)10-2-5-12(16)6-3-10/h2-9H,17H2,1H3. The summed E-state index contributed by atoms with van der Waals surface area (Å²) in [6, 6.07) is 11.9. The van der Waals surface area contributed by atoms with Crippen LogP contribution in [0.1, 0.15) is 18.5 Å². The Morgan fingerprint density at radius 3 is 2.24 bits per heavy atom. The molecule has 2 rings (SSSR count). The summed E-state index contributed by atoms with van der Waals surface area (Å²) in [7, 11) is 0. The molecule has 0 bridgehead atoms. The van der Waals surface area contributed by atoms with Gasteiger partial charge in [0.1, 0.15) is 5.82 Å². The van der Waals surface area contributed by atoms with Crippen LogP contribution in [0.2, 0.25) is 5.02 Å². The third kappa shape index (κ3) is 2.65. The summed E-state index contributed by atoms with van der Waals surface area (Å²) in [4.78, 5) is 0. The first-order valence-electron chi connectivity index (χ1n) is 5.39. The minimum atomic E-state index is -0.241. The number of benzene rings is 2. The van der Waals surface area contributed by atoms with E-state index in [9.17, 15) is 4.39 Å². The molecular formula is C14H13ClFN. The van der Waals surface area contributed by atoms with Gasteiger partial charge in [-0.2, -0.15) is 0 Å². The van der Waals surface area contributed by atoms with Crippen molar-refractivity contribution >= 4 is 11.6 Å². The van der Waals surface area contributed by atoms with Crippen molar-refractivity contribution < 1.29 is 4.39 Å². The molecule has 1 atom stereocenters. The second-order valence-electron chi connectivity index (χ2n) is 4.03. The second-order valence-corrected chi connectivity index (χ2v) is 4.44. The van der Waals surface area contributed by atoms with Gasteiger partial charge in [-0.25, -0.2) is 4.39 Å². The molecule has 1 unspecified atom stereocenters. The minimum Gasteiger partial charge on any atom is -0.324 e. The molecule has 2 aromatic rings. The minimum absolute atomic E-state index is 0.122. The maximum Gasteiger partial charge on any atom is 0.123 e. The van der Waals surface area contributed by atoms with Gasteiger partial charge in [-0.1, -0.05) is 29.8 Å². The summed E-state index contributed by atoms with van der Waals surface area (Å²) in [5, 5.41) is 0.658. The van der Waals surface area contributed by atoms with Gasteiger partial charge < -0.3 is 5.73 Å². The number of hydrogen-bond acceptors (Lipinski definition) is 1. The summed E-state index contributed by atoms with van der Waals surface area (Å²) in [5.74, 6) is -0.241. The predicted octanol–water partition coefficient (Wildman–Crippen LogP) is 4.17. The highest BCUT2D eigenvalue weighted by Crippen LogP contribution is 2.28. The molecule has 0 aliphatic rings. The maximum absolute atomic E-state index is 12.8. The van der Waals surface area contributed by atoms with Crippen molar-refractivity contribution in [3.05, 3.63) is 58.9 Å². The Kier molecular flexibility index (Phi) is 3.46. The molecule has 0 aromatic heterocycles. The highest BCUT2D eigenvalue weighted by atomic mass is 35.5. The van der Waals surface area contributed by atoms with Crippen LogP contribution < -0.4 is 5.73 Å². The molecule has 0 radical (unpaired) electrons. The molecule has 2 N–H and O–H groups in total. The number of rotatable bonds is 2. The number of hydrogen-bond donors (Lipinski definition) is 1. The lowest BCUT2D eigenvalue weighted by atomic mass is 10.0. The lowest BCUT2D eigenvalue weighted by Crippen LogP contribution is -2.05. The zero-order chi connectivity index (χ0) is 12.4. The first-order valence-corrected chi connectivity index (χ1v) is 5.76. The van der Waals surface area contributed by atoms with E-state index in [0.717, 1.165) is 16.7 Å². The third-order valence-electron chi connectivity index (χ3n) is 2.66. The number of nitrogens with two attached hydrogens (primary N) is 1. The zero-order valence-corrected chi connectivity index (χ0v) is 10.2. The van der Waals surface area contributed by atoms with Gasteiger partial charge in [0.05, 0.1) is 0 Å². The Balaban J connectivity index is 2.46. The molecule has 0 saturated carbocycles. The highest BCUT2D eigenvalue weighted by Gasteiger charge is 2.07. The van der Waals surface area contributed by atoms with Crippen molar-refractivity contribution in [2.75, 3.05) is 0 Å². The van der Waals surface area contributed by atoms with Crippen molar-refractivity contribution in [3.63, 3.8) is 0 Å². The van der Waals surface area contributed by atoms with Crippen LogP contribution in [0.5, 0.6) is 0 Å². The monoisotopic (exact) mass is 249 g/mol. The molecule has 0 saturated heterocycles. The van der Waals surface area contributed by atoms with E-state index < -0.39 is 0 Å². The number of halogens is 2. The Bertz CT molecular complexity index is 520. The van der Waals surface area contributed by atoms with Crippen LogP contribution in [0, 0.1) is 5.82 Å². The van der Waals surface area contributed by atoms with Crippen molar-refractivity contribution in [3.8, 4) is 11.1 Å².